The monoisotopic (exact) mass is 420 g/mol. The summed E-state index contributed by atoms with van der Waals surface area (Å²) in [5.74, 6) is 1.56. The van der Waals surface area contributed by atoms with Crippen LogP contribution in [0.5, 0.6) is 11.5 Å². The molecule has 0 saturated carbocycles. The number of benzene rings is 2. The Balaban J connectivity index is 2.03. The molecule has 2 aromatic carbocycles. The van der Waals surface area contributed by atoms with Crippen molar-refractivity contribution in [3.8, 4) is 11.5 Å². The van der Waals surface area contributed by atoms with Crippen molar-refractivity contribution in [2.45, 2.75) is 45.4 Å². The number of hydrogen-bond acceptors (Lipinski definition) is 4. The predicted molar refractivity (Wildman–Crippen MR) is 127 cm³/mol. The number of pyridine rings is 1. The SMILES string of the molecule is COc1ccc(N(Cc2cccnc2)c2ccccc2)cc1O[Si](C)(C)C(C)(C)C. The van der Waals surface area contributed by atoms with Crippen molar-refractivity contribution in [3.05, 3.63) is 78.6 Å². The summed E-state index contributed by atoms with van der Waals surface area (Å²) >= 11 is 0. The highest BCUT2D eigenvalue weighted by Crippen LogP contribution is 2.42. The highest BCUT2D eigenvalue weighted by Gasteiger charge is 2.39. The van der Waals surface area contributed by atoms with E-state index in [1.54, 1.807) is 13.3 Å². The average molecular weight is 421 g/mol. The summed E-state index contributed by atoms with van der Waals surface area (Å²) in [6.45, 7) is 12.0. The standard InChI is InChI=1S/C25H32N2O2Si/c1-25(2,3)30(5,6)29-24-17-22(14-15-23(24)28-4)27(21-12-8-7-9-13-21)19-20-11-10-16-26-18-20/h7-18H,19H2,1-6H3. The Bertz CT molecular complexity index is 954. The van der Waals surface area contributed by atoms with E-state index in [4.69, 9.17) is 9.16 Å². The highest BCUT2D eigenvalue weighted by atomic mass is 28.4. The fourth-order valence-corrected chi connectivity index (χ4v) is 3.97. The summed E-state index contributed by atoms with van der Waals surface area (Å²) in [5.41, 5.74) is 3.31. The first kappa shape index (κ1) is 21.9. The van der Waals surface area contributed by atoms with Gasteiger partial charge in [-0.25, -0.2) is 0 Å². The van der Waals surface area contributed by atoms with Crippen molar-refractivity contribution in [2.75, 3.05) is 12.0 Å². The molecule has 0 aliphatic rings. The van der Waals surface area contributed by atoms with Gasteiger partial charge in [-0.15, -0.1) is 0 Å². The Morgan fingerprint density at radius 1 is 0.900 bits per heavy atom. The van der Waals surface area contributed by atoms with E-state index in [2.05, 4.69) is 86.2 Å². The molecule has 0 radical (unpaired) electrons. The van der Waals surface area contributed by atoms with E-state index < -0.39 is 8.32 Å². The predicted octanol–water partition coefficient (Wildman–Crippen LogP) is 6.81. The minimum Gasteiger partial charge on any atom is -0.541 e. The van der Waals surface area contributed by atoms with Crippen LogP contribution < -0.4 is 14.1 Å². The molecule has 4 nitrogen and oxygen atoms in total. The molecular weight excluding hydrogens is 388 g/mol. The third-order valence-electron chi connectivity index (χ3n) is 5.76. The summed E-state index contributed by atoms with van der Waals surface area (Å²) < 4.78 is 12.3. The van der Waals surface area contributed by atoms with Crippen molar-refractivity contribution >= 4 is 19.7 Å². The van der Waals surface area contributed by atoms with Crippen LogP contribution >= 0.6 is 0 Å². The van der Waals surface area contributed by atoms with Crippen LogP contribution in [0.15, 0.2) is 73.1 Å². The maximum atomic E-state index is 6.64. The van der Waals surface area contributed by atoms with Crippen molar-refractivity contribution in [1.29, 1.82) is 0 Å². The highest BCUT2D eigenvalue weighted by molar-refractivity contribution is 6.74. The quantitative estimate of drug-likeness (QED) is 0.393. The number of hydrogen-bond donors (Lipinski definition) is 0. The van der Waals surface area contributed by atoms with E-state index in [0.717, 1.165) is 28.4 Å². The minimum absolute atomic E-state index is 0.100. The van der Waals surface area contributed by atoms with Crippen LogP contribution in [0.25, 0.3) is 0 Å². The van der Waals surface area contributed by atoms with E-state index in [-0.39, 0.29) is 5.04 Å². The number of methoxy groups -OCH3 is 1. The molecule has 1 aromatic heterocycles. The first-order chi connectivity index (χ1) is 14.2. The molecule has 0 saturated heterocycles. The molecule has 0 N–H and O–H groups in total. The summed E-state index contributed by atoms with van der Waals surface area (Å²) in [6.07, 6.45) is 3.71. The summed E-state index contributed by atoms with van der Waals surface area (Å²) in [7, 11) is -0.320. The number of ether oxygens (including phenoxy) is 1. The van der Waals surface area contributed by atoms with Crippen molar-refractivity contribution in [3.63, 3.8) is 0 Å². The van der Waals surface area contributed by atoms with Crippen LogP contribution in [0.4, 0.5) is 11.4 Å². The van der Waals surface area contributed by atoms with Crippen LogP contribution in [0.2, 0.25) is 18.1 Å². The zero-order valence-corrected chi connectivity index (χ0v) is 19.8. The summed E-state index contributed by atoms with van der Waals surface area (Å²) in [6, 6.07) is 20.6. The first-order valence-corrected chi connectivity index (χ1v) is 13.2. The lowest BCUT2D eigenvalue weighted by atomic mass is 10.2. The molecule has 0 amide bonds. The molecule has 3 rings (SSSR count). The molecule has 0 bridgehead atoms. The molecule has 0 atom stereocenters. The van der Waals surface area contributed by atoms with Gasteiger partial charge in [0.05, 0.1) is 7.11 Å². The molecule has 5 heteroatoms. The maximum Gasteiger partial charge on any atom is 0.250 e. The van der Waals surface area contributed by atoms with Gasteiger partial charge in [-0.2, -0.15) is 0 Å². The molecule has 30 heavy (non-hydrogen) atoms. The van der Waals surface area contributed by atoms with Gasteiger partial charge in [-0.1, -0.05) is 45.0 Å². The number of nitrogens with zero attached hydrogens (tertiary/aromatic N) is 2. The second-order valence-electron chi connectivity index (χ2n) is 8.98. The Morgan fingerprint density at radius 3 is 2.23 bits per heavy atom. The molecule has 0 aliphatic heterocycles. The van der Waals surface area contributed by atoms with E-state index in [1.165, 1.54) is 0 Å². The summed E-state index contributed by atoms with van der Waals surface area (Å²) in [4.78, 5) is 6.55. The fraction of sp³-hybridized carbons (Fsp3) is 0.320. The van der Waals surface area contributed by atoms with Crippen LogP contribution in [-0.2, 0) is 6.54 Å². The molecule has 158 valence electrons. The Hall–Kier alpha value is -2.79. The molecule has 0 spiro atoms. The van der Waals surface area contributed by atoms with Gasteiger partial charge in [0.15, 0.2) is 5.75 Å². The Morgan fingerprint density at radius 2 is 1.63 bits per heavy atom. The van der Waals surface area contributed by atoms with Crippen molar-refractivity contribution in [2.24, 2.45) is 0 Å². The molecule has 0 unspecified atom stereocenters. The van der Waals surface area contributed by atoms with Gasteiger partial charge < -0.3 is 14.1 Å². The number of rotatable bonds is 7. The number of anilines is 2. The third-order valence-corrected chi connectivity index (χ3v) is 10.1. The smallest absolute Gasteiger partial charge is 0.250 e. The third kappa shape index (κ3) is 5.03. The molecule has 3 aromatic rings. The van der Waals surface area contributed by atoms with Crippen LogP contribution in [0.3, 0.4) is 0 Å². The number of para-hydroxylation sites is 1. The largest absolute Gasteiger partial charge is 0.541 e. The van der Waals surface area contributed by atoms with Crippen LogP contribution in [0, 0.1) is 0 Å². The van der Waals surface area contributed by atoms with E-state index in [9.17, 15) is 0 Å². The lowest BCUT2D eigenvalue weighted by Crippen LogP contribution is -2.44. The van der Waals surface area contributed by atoms with Gasteiger partial charge in [0.1, 0.15) is 5.75 Å². The van der Waals surface area contributed by atoms with E-state index >= 15 is 0 Å². The topological polar surface area (TPSA) is 34.6 Å². The maximum absolute atomic E-state index is 6.64. The van der Waals surface area contributed by atoms with Gasteiger partial charge in [-0.05, 0) is 54.0 Å². The second-order valence-corrected chi connectivity index (χ2v) is 13.7. The lowest BCUT2D eigenvalue weighted by Gasteiger charge is -2.37. The van der Waals surface area contributed by atoms with E-state index in [0.29, 0.717) is 6.54 Å². The summed E-state index contributed by atoms with van der Waals surface area (Å²) in [5, 5.41) is 0.100. The zero-order chi connectivity index (χ0) is 21.8. The molecule has 0 aliphatic carbocycles. The first-order valence-electron chi connectivity index (χ1n) is 10.3. The molecule has 1 heterocycles. The normalized spacial score (nSPS) is 11.8. The van der Waals surface area contributed by atoms with Crippen molar-refractivity contribution < 1.29 is 9.16 Å². The Labute approximate surface area is 181 Å². The van der Waals surface area contributed by atoms with Gasteiger partial charge in [0.25, 0.3) is 8.32 Å². The number of aromatic nitrogens is 1. The van der Waals surface area contributed by atoms with Crippen LogP contribution in [0.1, 0.15) is 26.3 Å². The Kier molecular flexibility index (Phi) is 6.51. The van der Waals surface area contributed by atoms with Gasteiger partial charge in [0.2, 0.25) is 0 Å². The average Bonchev–Trinajstić information content (AvgIpc) is 2.72. The zero-order valence-electron chi connectivity index (χ0n) is 18.8. The van der Waals surface area contributed by atoms with Crippen LogP contribution in [-0.4, -0.2) is 20.4 Å². The van der Waals surface area contributed by atoms with Gasteiger partial charge in [0, 0.05) is 36.4 Å². The van der Waals surface area contributed by atoms with E-state index in [1.807, 2.05) is 24.4 Å². The minimum atomic E-state index is -2.01. The van der Waals surface area contributed by atoms with Crippen molar-refractivity contribution in [1.82, 2.24) is 4.98 Å². The molecule has 0 fully saturated rings. The lowest BCUT2D eigenvalue weighted by molar-refractivity contribution is 0.386. The molecular formula is C25H32N2O2Si. The fourth-order valence-electron chi connectivity index (χ4n) is 2.95. The van der Waals surface area contributed by atoms with Gasteiger partial charge in [-0.3, -0.25) is 4.98 Å². The van der Waals surface area contributed by atoms with Gasteiger partial charge >= 0.3 is 0 Å². The second kappa shape index (κ2) is 8.92.